The van der Waals surface area contributed by atoms with E-state index in [0.29, 0.717) is 6.42 Å². The fourth-order valence-electron chi connectivity index (χ4n) is 4.77. The van der Waals surface area contributed by atoms with Crippen LogP contribution in [0.25, 0.3) is 0 Å². The molecule has 0 unspecified atom stereocenters. The van der Waals surface area contributed by atoms with Gasteiger partial charge >= 0.3 is 0 Å². The second-order valence-electron chi connectivity index (χ2n) is 8.75. The molecule has 0 bridgehead atoms. The van der Waals surface area contributed by atoms with E-state index in [1.807, 2.05) is 4.90 Å². The lowest BCUT2D eigenvalue weighted by Gasteiger charge is -2.38. The van der Waals surface area contributed by atoms with Gasteiger partial charge in [0.2, 0.25) is 0 Å². The highest BCUT2D eigenvalue weighted by molar-refractivity contribution is 5.82. The lowest BCUT2D eigenvalue weighted by Crippen LogP contribution is -2.51. The molecular formula is C23H35N3O3. The molecule has 0 aromatic heterocycles. The number of carbonyl (C=O) groups excluding carboxylic acids is 1. The summed E-state index contributed by atoms with van der Waals surface area (Å²) in [6.45, 7) is 8.00. The molecule has 3 aliphatic heterocycles. The molecule has 3 atom stereocenters. The van der Waals surface area contributed by atoms with Gasteiger partial charge in [0.25, 0.3) is 5.91 Å². The van der Waals surface area contributed by atoms with Crippen LogP contribution in [-0.2, 0) is 16.1 Å². The molecule has 29 heavy (non-hydrogen) atoms. The number of benzene rings is 1. The van der Waals surface area contributed by atoms with Crippen molar-refractivity contribution in [3.05, 3.63) is 35.9 Å². The lowest BCUT2D eigenvalue weighted by atomic mass is 9.98. The van der Waals surface area contributed by atoms with Gasteiger partial charge in [0.15, 0.2) is 6.10 Å². The van der Waals surface area contributed by atoms with Crippen molar-refractivity contribution in [2.24, 2.45) is 0 Å². The Labute approximate surface area is 174 Å². The maximum Gasteiger partial charge on any atom is 0.254 e. The molecule has 3 fully saturated rings. The Morgan fingerprint density at radius 3 is 2.38 bits per heavy atom. The third-order valence-corrected chi connectivity index (χ3v) is 6.62. The predicted molar refractivity (Wildman–Crippen MR) is 112 cm³/mol. The minimum absolute atomic E-state index is 0.00535. The Balaban J connectivity index is 1.19. The van der Waals surface area contributed by atoms with Gasteiger partial charge in [0.05, 0.1) is 12.2 Å². The summed E-state index contributed by atoms with van der Waals surface area (Å²) in [5.41, 5.74) is 1.38. The van der Waals surface area contributed by atoms with Crippen molar-refractivity contribution in [2.45, 2.75) is 57.0 Å². The van der Waals surface area contributed by atoms with Crippen LogP contribution in [0.5, 0.6) is 0 Å². The summed E-state index contributed by atoms with van der Waals surface area (Å²) in [5, 5.41) is 10.3. The minimum atomic E-state index is -0.658. The summed E-state index contributed by atoms with van der Waals surface area (Å²) in [5.74, 6) is -0.00535. The van der Waals surface area contributed by atoms with Crippen molar-refractivity contribution in [2.75, 3.05) is 45.8 Å². The van der Waals surface area contributed by atoms with Crippen LogP contribution in [0, 0.1) is 0 Å². The van der Waals surface area contributed by atoms with E-state index in [1.165, 1.54) is 5.56 Å². The fourth-order valence-corrected chi connectivity index (χ4v) is 4.77. The van der Waals surface area contributed by atoms with Crippen LogP contribution in [-0.4, -0.2) is 89.8 Å². The van der Waals surface area contributed by atoms with E-state index in [9.17, 15) is 9.90 Å². The molecule has 6 heteroatoms. The average molecular weight is 402 g/mol. The largest absolute Gasteiger partial charge is 0.390 e. The van der Waals surface area contributed by atoms with Crippen LogP contribution in [0.15, 0.2) is 30.3 Å². The van der Waals surface area contributed by atoms with Crippen LogP contribution in [0.4, 0.5) is 0 Å². The second-order valence-corrected chi connectivity index (χ2v) is 8.75. The molecular weight excluding hydrogens is 366 g/mol. The predicted octanol–water partition coefficient (Wildman–Crippen LogP) is 1.73. The number of piperazine rings is 1. The van der Waals surface area contributed by atoms with E-state index in [0.717, 1.165) is 78.0 Å². The summed E-state index contributed by atoms with van der Waals surface area (Å²) < 4.78 is 6.09. The Kier molecular flexibility index (Phi) is 7.19. The SMILES string of the molecule is O=C([C@H]1O[C@@H](CCN2CCN(Cc3ccccc3)CC2)CC[C@@H]1O)N1CCCC1. The normalized spacial score (nSPS) is 29.3. The third kappa shape index (κ3) is 5.57. The van der Waals surface area contributed by atoms with Crippen molar-refractivity contribution in [1.29, 1.82) is 0 Å². The molecule has 3 heterocycles. The molecule has 1 aromatic rings. The number of nitrogens with zero attached hydrogens (tertiary/aromatic N) is 3. The van der Waals surface area contributed by atoms with Crippen LogP contribution < -0.4 is 0 Å². The third-order valence-electron chi connectivity index (χ3n) is 6.62. The Bertz CT molecular complexity index is 642. The first-order valence-electron chi connectivity index (χ1n) is 11.3. The molecule has 4 rings (SSSR count). The molecule has 3 saturated heterocycles. The first-order chi connectivity index (χ1) is 14.2. The number of aliphatic hydroxyl groups excluding tert-OH is 1. The number of amides is 1. The summed E-state index contributed by atoms with van der Waals surface area (Å²) in [6, 6.07) is 10.7. The summed E-state index contributed by atoms with van der Waals surface area (Å²) in [4.78, 5) is 19.6. The van der Waals surface area contributed by atoms with Crippen molar-refractivity contribution in [1.82, 2.24) is 14.7 Å². The maximum atomic E-state index is 12.7. The van der Waals surface area contributed by atoms with Gasteiger partial charge in [-0.3, -0.25) is 9.69 Å². The zero-order chi connectivity index (χ0) is 20.1. The highest BCUT2D eigenvalue weighted by atomic mass is 16.5. The first-order valence-corrected chi connectivity index (χ1v) is 11.3. The Morgan fingerprint density at radius 1 is 0.966 bits per heavy atom. The highest BCUT2D eigenvalue weighted by Crippen LogP contribution is 2.25. The van der Waals surface area contributed by atoms with Crippen LogP contribution in [0.3, 0.4) is 0 Å². The number of hydrogen-bond donors (Lipinski definition) is 1. The first kappa shape index (κ1) is 20.8. The minimum Gasteiger partial charge on any atom is -0.390 e. The summed E-state index contributed by atoms with van der Waals surface area (Å²) in [7, 11) is 0. The Morgan fingerprint density at radius 2 is 1.66 bits per heavy atom. The number of hydrogen-bond acceptors (Lipinski definition) is 5. The molecule has 0 radical (unpaired) electrons. The smallest absolute Gasteiger partial charge is 0.254 e. The number of ether oxygens (including phenoxy) is 1. The zero-order valence-corrected chi connectivity index (χ0v) is 17.4. The maximum absolute atomic E-state index is 12.7. The fraction of sp³-hybridized carbons (Fsp3) is 0.696. The van der Waals surface area contributed by atoms with E-state index in [4.69, 9.17) is 4.74 Å². The van der Waals surface area contributed by atoms with Gasteiger partial charge in [-0.25, -0.2) is 0 Å². The van der Waals surface area contributed by atoms with Gasteiger partial charge in [-0.15, -0.1) is 0 Å². The van der Waals surface area contributed by atoms with Gasteiger partial charge in [-0.05, 0) is 37.7 Å². The van der Waals surface area contributed by atoms with Crippen molar-refractivity contribution >= 4 is 5.91 Å². The molecule has 0 aliphatic carbocycles. The quantitative estimate of drug-likeness (QED) is 0.787. The van der Waals surface area contributed by atoms with Crippen molar-refractivity contribution in [3.8, 4) is 0 Å². The lowest BCUT2D eigenvalue weighted by molar-refractivity contribution is -0.167. The van der Waals surface area contributed by atoms with E-state index in [1.54, 1.807) is 0 Å². The molecule has 0 spiro atoms. The van der Waals surface area contributed by atoms with E-state index in [-0.39, 0.29) is 12.0 Å². The topological polar surface area (TPSA) is 56.3 Å². The second kappa shape index (κ2) is 10.0. The molecule has 3 aliphatic rings. The molecule has 160 valence electrons. The summed E-state index contributed by atoms with van der Waals surface area (Å²) >= 11 is 0. The summed E-state index contributed by atoms with van der Waals surface area (Å²) in [6.07, 6.45) is 3.35. The zero-order valence-electron chi connectivity index (χ0n) is 17.4. The standard InChI is InChI=1S/C23H35N3O3/c27-21-9-8-20(29-22(21)23(28)26-11-4-5-12-26)10-13-24-14-16-25(17-15-24)18-19-6-2-1-3-7-19/h1-3,6-7,20-22,27H,4-5,8-18H2/t20-,21+,22+/m1/s1. The average Bonchev–Trinajstić information content (AvgIpc) is 3.29. The monoisotopic (exact) mass is 401 g/mol. The van der Waals surface area contributed by atoms with Gasteiger partial charge in [0.1, 0.15) is 0 Å². The van der Waals surface area contributed by atoms with Gasteiger partial charge < -0.3 is 19.6 Å². The van der Waals surface area contributed by atoms with E-state index >= 15 is 0 Å². The number of rotatable bonds is 6. The van der Waals surface area contributed by atoms with E-state index < -0.39 is 12.2 Å². The van der Waals surface area contributed by atoms with Crippen LogP contribution >= 0.6 is 0 Å². The molecule has 6 nitrogen and oxygen atoms in total. The van der Waals surface area contributed by atoms with Crippen molar-refractivity contribution < 1.29 is 14.6 Å². The highest BCUT2D eigenvalue weighted by Gasteiger charge is 2.38. The van der Waals surface area contributed by atoms with Gasteiger partial charge in [-0.2, -0.15) is 0 Å². The Hall–Kier alpha value is -1.47. The van der Waals surface area contributed by atoms with Crippen LogP contribution in [0.2, 0.25) is 0 Å². The number of likely N-dealkylation sites (tertiary alicyclic amines) is 1. The molecule has 0 saturated carbocycles. The number of aliphatic hydroxyl groups is 1. The molecule has 1 N–H and O–H groups in total. The molecule has 1 aromatic carbocycles. The van der Waals surface area contributed by atoms with E-state index in [2.05, 4.69) is 40.1 Å². The van der Waals surface area contributed by atoms with Crippen molar-refractivity contribution in [3.63, 3.8) is 0 Å². The van der Waals surface area contributed by atoms with Gasteiger partial charge in [-0.1, -0.05) is 30.3 Å². The van der Waals surface area contributed by atoms with Gasteiger partial charge in [0, 0.05) is 52.4 Å². The molecule has 1 amide bonds. The van der Waals surface area contributed by atoms with Crippen LogP contribution in [0.1, 0.15) is 37.7 Å². The number of carbonyl (C=O) groups is 1.